The molecule has 2 aliphatic heterocycles. The molecular formula is C29H38O5. The summed E-state index contributed by atoms with van der Waals surface area (Å²) in [4.78, 5) is 12.9. The predicted molar refractivity (Wildman–Crippen MR) is 132 cm³/mol. The summed E-state index contributed by atoms with van der Waals surface area (Å²) in [6.45, 7) is 9.01. The Bertz CT molecular complexity index is 998. The van der Waals surface area contributed by atoms with Crippen LogP contribution in [0.1, 0.15) is 69.8 Å². The number of hydrogen-bond donors (Lipinski definition) is 0. The first-order valence-corrected chi connectivity index (χ1v) is 12.6. The Balaban J connectivity index is 1.64. The first kappa shape index (κ1) is 24.6. The van der Waals surface area contributed by atoms with Crippen LogP contribution in [-0.2, 0) is 27.1 Å². The van der Waals surface area contributed by atoms with E-state index in [9.17, 15) is 4.79 Å². The Morgan fingerprint density at radius 2 is 1.91 bits per heavy atom. The predicted octanol–water partition coefficient (Wildman–Crippen LogP) is 6.08. The lowest BCUT2D eigenvalue weighted by Gasteiger charge is -2.50. The van der Waals surface area contributed by atoms with Gasteiger partial charge in [-0.2, -0.15) is 0 Å². The van der Waals surface area contributed by atoms with Gasteiger partial charge in [0.2, 0.25) is 0 Å². The van der Waals surface area contributed by atoms with Crippen LogP contribution >= 0.6 is 0 Å². The zero-order valence-electron chi connectivity index (χ0n) is 21.1. The summed E-state index contributed by atoms with van der Waals surface area (Å²) in [6, 6.07) is 14.6. The fraction of sp³-hybridized carbons (Fsp3) is 0.552. The molecular weight excluding hydrogens is 428 g/mol. The van der Waals surface area contributed by atoms with Crippen molar-refractivity contribution < 1.29 is 23.7 Å². The molecule has 0 aromatic heterocycles. The van der Waals surface area contributed by atoms with E-state index in [1.165, 1.54) is 12.7 Å². The molecule has 184 valence electrons. The van der Waals surface area contributed by atoms with Crippen LogP contribution in [0.5, 0.6) is 11.5 Å². The number of carbonyl (C=O) groups excluding carboxylic acids is 1. The maximum Gasteiger partial charge on any atom is 0.311 e. The van der Waals surface area contributed by atoms with Crippen LogP contribution < -0.4 is 9.47 Å². The molecule has 1 fully saturated rings. The first-order valence-electron chi connectivity index (χ1n) is 12.6. The van der Waals surface area contributed by atoms with Gasteiger partial charge in [0.05, 0.1) is 31.8 Å². The minimum atomic E-state index is -0.442. The third-order valence-corrected chi connectivity index (χ3v) is 7.30. The summed E-state index contributed by atoms with van der Waals surface area (Å²) >= 11 is 0. The van der Waals surface area contributed by atoms with E-state index < -0.39 is 5.60 Å². The normalized spacial score (nSPS) is 25.0. The number of aryl methyl sites for hydroxylation is 2. The number of methoxy groups -OCH3 is 1. The van der Waals surface area contributed by atoms with Crippen molar-refractivity contribution in [2.75, 3.05) is 13.7 Å². The molecule has 2 heterocycles. The first-order chi connectivity index (χ1) is 16.4. The largest absolute Gasteiger partial charge is 0.494 e. The molecule has 0 bridgehead atoms. The van der Waals surface area contributed by atoms with E-state index in [-0.39, 0.29) is 30.0 Å². The van der Waals surface area contributed by atoms with Gasteiger partial charge in [0, 0.05) is 11.5 Å². The molecule has 5 nitrogen and oxygen atoms in total. The molecule has 0 amide bonds. The molecule has 1 saturated heterocycles. The van der Waals surface area contributed by atoms with E-state index in [1.807, 2.05) is 25.1 Å². The molecule has 2 aliphatic rings. The second kappa shape index (κ2) is 10.4. The SMILES string of the molecule is CCCc1ccc2c(c1)[C@@H]1O[C@H](CCc3ccccc3OCC)[C@H](C(=O)OC)C[C@H]1C(C)(C)O2. The van der Waals surface area contributed by atoms with Crippen LogP contribution in [-0.4, -0.2) is 31.4 Å². The lowest BCUT2D eigenvalue weighted by Crippen LogP contribution is -2.52. The second-order valence-electron chi connectivity index (χ2n) is 9.97. The molecule has 0 aliphatic carbocycles. The molecule has 0 spiro atoms. The minimum Gasteiger partial charge on any atom is -0.494 e. The van der Waals surface area contributed by atoms with Gasteiger partial charge in [0.25, 0.3) is 0 Å². The van der Waals surface area contributed by atoms with Crippen molar-refractivity contribution >= 4 is 5.97 Å². The summed E-state index contributed by atoms with van der Waals surface area (Å²) in [5.74, 6) is 1.32. The Morgan fingerprint density at radius 3 is 2.65 bits per heavy atom. The van der Waals surface area contributed by atoms with Crippen LogP contribution in [0.3, 0.4) is 0 Å². The number of hydrogen-bond acceptors (Lipinski definition) is 5. The lowest BCUT2D eigenvalue weighted by molar-refractivity contribution is -0.190. The van der Waals surface area contributed by atoms with Crippen molar-refractivity contribution in [2.24, 2.45) is 11.8 Å². The number of fused-ring (bicyclic) bond motifs is 3. The molecule has 0 N–H and O–H groups in total. The van der Waals surface area contributed by atoms with Crippen molar-refractivity contribution in [3.8, 4) is 11.5 Å². The fourth-order valence-electron chi connectivity index (χ4n) is 5.55. The van der Waals surface area contributed by atoms with Gasteiger partial charge in [-0.3, -0.25) is 4.79 Å². The molecule has 0 radical (unpaired) electrons. The molecule has 0 unspecified atom stereocenters. The maximum absolute atomic E-state index is 12.9. The van der Waals surface area contributed by atoms with Crippen LogP contribution in [0.4, 0.5) is 0 Å². The quantitative estimate of drug-likeness (QED) is 0.442. The van der Waals surface area contributed by atoms with E-state index in [4.69, 9.17) is 18.9 Å². The van der Waals surface area contributed by atoms with Crippen LogP contribution in [0.2, 0.25) is 0 Å². The Hall–Kier alpha value is -2.53. The van der Waals surface area contributed by atoms with E-state index in [2.05, 4.69) is 45.0 Å². The van der Waals surface area contributed by atoms with Crippen molar-refractivity contribution in [3.63, 3.8) is 0 Å². The van der Waals surface area contributed by atoms with Crippen molar-refractivity contribution in [1.29, 1.82) is 0 Å². The molecule has 2 aromatic rings. The molecule has 34 heavy (non-hydrogen) atoms. The van der Waals surface area contributed by atoms with E-state index in [0.29, 0.717) is 13.0 Å². The van der Waals surface area contributed by atoms with Crippen LogP contribution in [0, 0.1) is 11.8 Å². The molecule has 4 rings (SSSR count). The maximum atomic E-state index is 12.9. The van der Waals surface area contributed by atoms with Crippen molar-refractivity contribution in [1.82, 2.24) is 0 Å². The number of ether oxygens (including phenoxy) is 4. The van der Waals surface area contributed by atoms with Crippen LogP contribution in [0.25, 0.3) is 0 Å². The van der Waals surface area contributed by atoms with Gasteiger partial charge < -0.3 is 18.9 Å². The highest BCUT2D eigenvalue weighted by Crippen LogP contribution is 2.52. The van der Waals surface area contributed by atoms with E-state index >= 15 is 0 Å². The topological polar surface area (TPSA) is 54.0 Å². The van der Waals surface area contributed by atoms with Gasteiger partial charge in [-0.1, -0.05) is 37.6 Å². The zero-order valence-corrected chi connectivity index (χ0v) is 21.1. The standard InChI is InChI=1S/C29H38O5/c1-6-10-19-13-15-26-21(17-19)27-23(29(3,4)34-26)18-22(28(30)31-5)25(33-27)16-14-20-11-8-9-12-24(20)32-7-2/h8-9,11-13,15,17,22-23,25,27H,6-7,10,14,16,18H2,1-5H3/t22-,23-,25-,27+/m1/s1. The lowest BCUT2D eigenvalue weighted by atomic mass is 9.71. The highest BCUT2D eigenvalue weighted by atomic mass is 16.5. The van der Waals surface area contributed by atoms with Gasteiger partial charge >= 0.3 is 5.97 Å². The number of carbonyl (C=O) groups is 1. The average molecular weight is 467 g/mol. The Kier molecular flexibility index (Phi) is 7.51. The zero-order chi connectivity index (χ0) is 24.3. The summed E-state index contributed by atoms with van der Waals surface area (Å²) in [5.41, 5.74) is 3.10. The van der Waals surface area contributed by atoms with Gasteiger partial charge in [0.1, 0.15) is 17.1 Å². The third kappa shape index (κ3) is 4.95. The number of benzene rings is 2. The Morgan fingerprint density at radius 1 is 1.12 bits per heavy atom. The molecule has 4 atom stereocenters. The number of esters is 1. The summed E-state index contributed by atoms with van der Waals surface area (Å²) in [7, 11) is 1.46. The molecule has 0 saturated carbocycles. The number of para-hydroxylation sites is 1. The van der Waals surface area contributed by atoms with Gasteiger partial charge in [-0.15, -0.1) is 0 Å². The summed E-state index contributed by atoms with van der Waals surface area (Å²) < 4.78 is 24.3. The summed E-state index contributed by atoms with van der Waals surface area (Å²) in [5, 5.41) is 0. The summed E-state index contributed by atoms with van der Waals surface area (Å²) in [6.07, 6.45) is 3.94. The average Bonchev–Trinajstić information content (AvgIpc) is 2.83. The third-order valence-electron chi connectivity index (χ3n) is 7.30. The second-order valence-corrected chi connectivity index (χ2v) is 9.97. The Labute approximate surface area is 203 Å². The smallest absolute Gasteiger partial charge is 0.311 e. The van der Waals surface area contributed by atoms with Gasteiger partial charge in [-0.25, -0.2) is 0 Å². The van der Waals surface area contributed by atoms with Crippen molar-refractivity contribution in [2.45, 2.75) is 77.6 Å². The minimum absolute atomic E-state index is 0.0629. The van der Waals surface area contributed by atoms with Crippen LogP contribution in [0.15, 0.2) is 42.5 Å². The van der Waals surface area contributed by atoms with E-state index in [0.717, 1.165) is 48.3 Å². The van der Waals surface area contributed by atoms with Gasteiger partial charge in [0.15, 0.2) is 0 Å². The number of rotatable bonds is 8. The highest BCUT2D eigenvalue weighted by Gasteiger charge is 2.52. The van der Waals surface area contributed by atoms with Gasteiger partial charge in [-0.05, 0) is 75.8 Å². The van der Waals surface area contributed by atoms with E-state index in [1.54, 1.807) is 0 Å². The monoisotopic (exact) mass is 466 g/mol. The molecule has 2 aromatic carbocycles. The van der Waals surface area contributed by atoms with Crippen molar-refractivity contribution in [3.05, 3.63) is 59.2 Å². The highest BCUT2D eigenvalue weighted by molar-refractivity contribution is 5.73. The fourth-order valence-corrected chi connectivity index (χ4v) is 5.55. The molecule has 5 heteroatoms.